The van der Waals surface area contributed by atoms with E-state index in [0.29, 0.717) is 35.0 Å². The van der Waals surface area contributed by atoms with Crippen molar-refractivity contribution in [2.45, 2.75) is 13.5 Å². The molecule has 8 heteroatoms. The lowest BCUT2D eigenvalue weighted by Gasteiger charge is -2.23. The number of nitrogens with zero attached hydrogens (tertiary/aromatic N) is 4. The number of hydrogen-bond donors (Lipinski definition) is 0. The summed E-state index contributed by atoms with van der Waals surface area (Å²) >= 11 is 18.9. The van der Waals surface area contributed by atoms with Gasteiger partial charge in [0.1, 0.15) is 5.15 Å². The third-order valence-corrected chi connectivity index (χ3v) is 4.92. The maximum atomic E-state index is 6.48. The molecule has 0 saturated carbocycles. The van der Waals surface area contributed by atoms with Crippen LogP contribution in [0.5, 0.6) is 0 Å². The first-order chi connectivity index (χ1) is 11.6. The van der Waals surface area contributed by atoms with Crippen LogP contribution in [0, 0.1) is 6.92 Å². The fourth-order valence-electron chi connectivity index (χ4n) is 2.46. The normalized spacial score (nSPS) is 15.4. The van der Waals surface area contributed by atoms with Crippen LogP contribution in [0.1, 0.15) is 16.8 Å². The molecule has 0 spiro atoms. The predicted molar refractivity (Wildman–Crippen MR) is 97.5 cm³/mol. The number of benzene rings is 1. The second-order valence-corrected chi connectivity index (χ2v) is 6.63. The van der Waals surface area contributed by atoms with Crippen LogP contribution in [0.25, 0.3) is 0 Å². The van der Waals surface area contributed by atoms with Gasteiger partial charge in [-0.05, 0) is 19.1 Å². The van der Waals surface area contributed by atoms with Gasteiger partial charge in [-0.1, -0.05) is 40.9 Å². The lowest BCUT2D eigenvalue weighted by molar-refractivity contribution is 0.0397. The van der Waals surface area contributed by atoms with Crippen molar-refractivity contribution in [2.75, 3.05) is 26.3 Å². The van der Waals surface area contributed by atoms with Gasteiger partial charge in [0.15, 0.2) is 0 Å². The first kappa shape index (κ1) is 17.5. The van der Waals surface area contributed by atoms with E-state index in [2.05, 4.69) is 10.2 Å². The summed E-state index contributed by atoms with van der Waals surface area (Å²) in [7, 11) is 0. The molecule has 5 nitrogen and oxygen atoms in total. The molecule has 0 amide bonds. The Morgan fingerprint density at radius 3 is 2.54 bits per heavy atom. The molecule has 128 valence electrons. The maximum Gasteiger partial charge on any atom is 0.136 e. The fourth-order valence-corrected chi connectivity index (χ4v) is 3.26. The largest absolute Gasteiger partial charge is 0.378 e. The predicted octanol–water partition coefficient (Wildman–Crippen LogP) is 3.87. The van der Waals surface area contributed by atoms with Crippen LogP contribution in [0.3, 0.4) is 0 Å². The highest BCUT2D eigenvalue weighted by molar-refractivity contribution is 6.36. The molecule has 0 N–H and O–H groups in total. The molecule has 2 aromatic rings. The van der Waals surface area contributed by atoms with Crippen LogP contribution in [0.4, 0.5) is 0 Å². The second-order valence-electron chi connectivity index (χ2n) is 5.46. The number of aryl methyl sites for hydroxylation is 1. The zero-order valence-corrected chi connectivity index (χ0v) is 15.4. The Hall–Kier alpha value is -1.27. The Balaban J connectivity index is 1.82. The van der Waals surface area contributed by atoms with E-state index < -0.39 is 0 Å². The van der Waals surface area contributed by atoms with Gasteiger partial charge in [-0.2, -0.15) is 10.2 Å². The number of rotatable bonds is 4. The topological polar surface area (TPSA) is 42.7 Å². The van der Waals surface area contributed by atoms with E-state index in [4.69, 9.17) is 39.5 Å². The SMILES string of the molecule is Cc1nn(Cc2c(Cl)cccc2Cl)c(Cl)c1C=NN1CCOCC1. The van der Waals surface area contributed by atoms with Crippen molar-refractivity contribution in [3.8, 4) is 0 Å². The third-order valence-electron chi connectivity index (χ3n) is 3.82. The lowest BCUT2D eigenvalue weighted by Crippen LogP contribution is -2.32. The van der Waals surface area contributed by atoms with Crippen molar-refractivity contribution in [1.82, 2.24) is 14.8 Å². The molecule has 3 rings (SSSR count). The highest BCUT2D eigenvalue weighted by Crippen LogP contribution is 2.27. The van der Waals surface area contributed by atoms with Gasteiger partial charge in [-0.3, -0.25) is 5.01 Å². The van der Waals surface area contributed by atoms with Gasteiger partial charge >= 0.3 is 0 Å². The maximum absolute atomic E-state index is 6.48. The summed E-state index contributed by atoms with van der Waals surface area (Å²) in [5.41, 5.74) is 2.40. The van der Waals surface area contributed by atoms with Crippen LogP contribution in [0.15, 0.2) is 23.3 Å². The molecular formula is C16H17Cl3N4O. The molecular weight excluding hydrogens is 371 g/mol. The van der Waals surface area contributed by atoms with Gasteiger partial charge < -0.3 is 4.74 Å². The Morgan fingerprint density at radius 1 is 1.21 bits per heavy atom. The van der Waals surface area contributed by atoms with Crippen molar-refractivity contribution in [3.63, 3.8) is 0 Å². The average molecular weight is 388 g/mol. The van der Waals surface area contributed by atoms with E-state index in [1.54, 1.807) is 23.0 Å². The van der Waals surface area contributed by atoms with Crippen molar-refractivity contribution >= 4 is 41.0 Å². The van der Waals surface area contributed by atoms with Crippen LogP contribution < -0.4 is 0 Å². The molecule has 0 aliphatic carbocycles. The van der Waals surface area contributed by atoms with Gasteiger partial charge in [0, 0.05) is 15.6 Å². The highest BCUT2D eigenvalue weighted by Gasteiger charge is 2.15. The number of hydrazone groups is 1. The fraction of sp³-hybridized carbons (Fsp3) is 0.375. The number of morpholine rings is 1. The molecule has 1 aromatic carbocycles. The van der Waals surface area contributed by atoms with Crippen LogP contribution >= 0.6 is 34.8 Å². The molecule has 0 bridgehead atoms. The van der Waals surface area contributed by atoms with Crippen LogP contribution in [0.2, 0.25) is 15.2 Å². The zero-order chi connectivity index (χ0) is 17.1. The third kappa shape index (κ3) is 3.86. The van der Waals surface area contributed by atoms with Crippen molar-refractivity contribution < 1.29 is 4.74 Å². The first-order valence-electron chi connectivity index (χ1n) is 7.58. The monoisotopic (exact) mass is 386 g/mol. The number of halogens is 3. The van der Waals surface area contributed by atoms with Crippen molar-refractivity contribution in [3.05, 3.63) is 50.2 Å². The van der Waals surface area contributed by atoms with Gasteiger partial charge in [-0.15, -0.1) is 0 Å². The summed E-state index contributed by atoms with van der Waals surface area (Å²) in [5.74, 6) is 0. The second kappa shape index (κ2) is 7.74. The summed E-state index contributed by atoms with van der Waals surface area (Å²) in [4.78, 5) is 0. The quantitative estimate of drug-likeness (QED) is 0.748. The molecule has 2 heterocycles. The Kier molecular flexibility index (Phi) is 5.66. The average Bonchev–Trinajstić information content (AvgIpc) is 2.84. The molecule has 0 radical (unpaired) electrons. The molecule has 0 unspecified atom stereocenters. The summed E-state index contributed by atoms with van der Waals surface area (Å²) < 4.78 is 6.99. The van der Waals surface area contributed by atoms with Gasteiger partial charge in [-0.25, -0.2) is 4.68 Å². The Bertz CT molecular complexity index is 734. The number of hydrogen-bond acceptors (Lipinski definition) is 4. The van der Waals surface area contributed by atoms with Crippen LogP contribution in [-0.4, -0.2) is 47.3 Å². The molecule has 24 heavy (non-hydrogen) atoms. The number of ether oxygens (including phenoxy) is 1. The summed E-state index contributed by atoms with van der Waals surface area (Å²) in [6, 6.07) is 5.41. The minimum atomic E-state index is 0.406. The molecule has 0 atom stereocenters. The standard InChI is InChI=1S/C16H17Cl3N4O/c1-11-12(9-20-22-5-7-24-8-6-22)16(19)23(21-11)10-13-14(17)3-2-4-15(13)18/h2-4,9H,5-8,10H2,1H3. The first-order valence-corrected chi connectivity index (χ1v) is 8.72. The Labute approximate surface area is 155 Å². The van der Waals surface area contributed by atoms with E-state index in [1.807, 2.05) is 18.0 Å². The summed E-state index contributed by atoms with van der Waals surface area (Å²) in [6.45, 7) is 5.23. The zero-order valence-electron chi connectivity index (χ0n) is 13.2. The van der Waals surface area contributed by atoms with E-state index in [9.17, 15) is 0 Å². The Morgan fingerprint density at radius 2 is 1.88 bits per heavy atom. The van der Waals surface area contributed by atoms with E-state index in [0.717, 1.165) is 29.9 Å². The molecule has 1 aromatic heterocycles. The minimum absolute atomic E-state index is 0.406. The number of aromatic nitrogens is 2. The van der Waals surface area contributed by atoms with Gasteiger partial charge in [0.05, 0.1) is 50.3 Å². The highest BCUT2D eigenvalue weighted by atomic mass is 35.5. The van der Waals surface area contributed by atoms with E-state index >= 15 is 0 Å². The molecule has 1 aliphatic heterocycles. The van der Waals surface area contributed by atoms with E-state index in [1.165, 1.54) is 0 Å². The summed E-state index contributed by atoms with van der Waals surface area (Å²) in [5, 5.41) is 12.6. The van der Waals surface area contributed by atoms with Gasteiger partial charge in [0.2, 0.25) is 0 Å². The molecule has 1 saturated heterocycles. The van der Waals surface area contributed by atoms with Crippen molar-refractivity contribution in [2.24, 2.45) is 5.10 Å². The minimum Gasteiger partial charge on any atom is -0.378 e. The van der Waals surface area contributed by atoms with E-state index in [-0.39, 0.29) is 0 Å². The molecule has 1 fully saturated rings. The van der Waals surface area contributed by atoms with Crippen LogP contribution in [-0.2, 0) is 11.3 Å². The smallest absolute Gasteiger partial charge is 0.136 e. The van der Waals surface area contributed by atoms with Gasteiger partial charge in [0.25, 0.3) is 0 Å². The molecule has 1 aliphatic rings. The van der Waals surface area contributed by atoms with Crippen molar-refractivity contribution in [1.29, 1.82) is 0 Å². The summed E-state index contributed by atoms with van der Waals surface area (Å²) in [6.07, 6.45) is 1.75. The lowest BCUT2D eigenvalue weighted by atomic mass is 10.2.